The van der Waals surface area contributed by atoms with Crippen LogP contribution in [0.3, 0.4) is 0 Å². The van der Waals surface area contributed by atoms with Crippen LogP contribution in [0.15, 0.2) is 47.4 Å². The predicted octanol–water partition coefficient (Wildman–Crippen LogP) is 4.76. The normalized spacial score (nSPS) is 18.8. The monoisotopic (exact) mass is 429 g/mol. The van der Waals surface area contributed by atoms with E-state index in [1.807, 2.05) is 6.07 Å². The molecule has 1 N–H and O–H groups in total. The Balaban J connectivity index is 1.79. The van der Waals surface area contributed by atoms with Gasteiger partial charge in [0.1, 0.15) is 5.82 Å². The van der Waals surface area contributed by atoms with Gasteiger partial charge >= 0.3 is 6.18 Å². The minimum atomic E-state index is -4.85. The molecule has 3 aromatic rings. The molecule has 148 valence electrons. The lowest BCUT2D eigenvalue weighted by molar-refractivity contribution is -0.139. The summed E-state index contributed by atoms with van der Waals surface area (Å²) in [5.74, 6) is 0.421. The highest BCUT2D eigenvalue weighted by atomic mass is 35.5. The van der Waals surface area contributed by atoms with Gasteiger partial charge in [-0.3, -0.25) is 0 Å². The highest BCUT2D eigenvalue weighted by molar-refractivity contribution is 7.89. The molecule has 0 unspecified atom stereocenters. The Morgan fingerprint density at radius 3 is 2.64 bits per heavy atom. The fourth-order valence-corrected chi connectivity index (χ4v) is 5.53. The third-order valence-corrected chi connectivity index (χ3v) is 6.96. The van der Waals surface area contributed by atoms with Gasteiger partial charge in [0.25, 0.3) is 0 Å². The molecule has 1 aliphatic heterocycles. The van der Waals surface area contributed by atoms with Gasteiger partial charge in [-0.25, -0.2) is 13.4 Å². The predicted molar refractivity (Wildman–Crippen MR) is 98.4 cm³/mol. The number of nitrogens with zero attached hydrogens (tertiary/aromatic N) is 2. The maximum atomic E-state index is 13.4. The zero-order valence-electron chi connectivity index (χ0n) is 14.4. The Labute approximate surface area is 164 Å². The van der Waals surface area contributed by atoms with E-state index >= 15 is 0 Å². The number of hydrogen-bond acceptors (Lipinski definition) is 3. The largest absolute Gasteiger partial charge is 0.417 e. The molecule has 2 heterocycles. The molecular weight excluding hydrogens is 415 g/mol. The second-order valence-electron chi connectivity index (χ2n) is 6.55. The summed E-state index contributed by atoms with van der Waals surface area (Å²) in [5, 5.41) is -0.179. The third-order valence-electron chi connectivity index (χ3n) is 4.76. The molecule has 1 aromatic heterocycles. The summed E-state index contributed by atoms with van der Waals surface area (Å²) in [7, 11) is -4.41. The fraction of sp³-hybridized carbons (Fsp3) is 0.278. The van der Waals surface area contributed by atoms with Crippen molar-refractivity contribution < 1.29 is 21.6 Å². The SMILES string of the molecule is O=S(=O)(c1ccc(Cl)cc1C(F)(F)F)N1CCC[C@@H]1c1nc2ccccc2[nH]1. The Bertz CT molecular complexity index is 1110. The summed E-state index contributed by atoms with van der Waals surface area (Å²) in [6.07, 6.45) is -3.86. The summed E-state index contributed by atoms with van der Waals surface area (Å²) < 4.78 is 67.7. The van der Waals surface area contributed by atoms with E-state index in [4.69, 9.17) is 11.6 Å². The zero-order chi connectivity index (χ0) is 20.1. The van der Waals surface area contributed by atoms with Gasteiger partial charge in [-0.2, -0.15) is 17.5 Å². The van der Waals surface area contributed by atoms with Gasteiger partial charge in [-0.15, -0.1) is 0 Å². The number of fused-ring (bicyclic) bond motifs is 1. The van der Waals surface area contributed by atoms with E-state index in [9.17, 15) is 21.6 Å². The van der Waals surface area contributed by atoms with Gasteiger partial charge in [0.2, 0.25) is 10.0 Å². The van der Waals surface area contributed by atoms with Crippen molar-refractivity contribution in [2.45, 2.75) is 30.0 Å². The van der Waals surface area contributed by atoms with Crippen molar-refractivity contribution in [2.24, 2.45) is 0 Å². The fourth-order valence-electron chi connectivity index (χ4n) is 3.51. The molecule has 0 spiro atoms. The second kappa shape index (κ2) is 6.75. The number of sulfonamides is 1. The van der Waals surface area contributed by atoms with Crippen LogP contribution < -0.4 is 0 Å². The number of H-pyrrole nitrogens is 1. The highest BCUT2D eigenvalue weighted by Crippen LogP contribution is 2.41. The van der Waals surface area contributed by atoms with Crippen LogP contribution in [-0.2, 0) is 16.2 Å². The number of aromatic amines is 1. The molecule has 10 heteroatoms. The van der Waals surface area contributed by atoms with Gasteiger partial charge in [0.15, 0.2) is 0 Å². The zero-order valence-corrected chi connectivity index (χ0v) is 15.9. The van der Waals surface area contributed by atoms with E-state index in [1.54, 1.807) is 18.2 Å². The van der Waals surface area contributed by atoms with E-state index in [-0.39, 0.29) is 11.6 Å². The van der Waals surface area contributed by atoms with Gasteiger partial charge in [0.05, 0.1) is 27.5 Å². The number of alkyl halides is 3. The summed E-state index contributed by atoms with van der Waals surface area (Å²) in [4.78, 5) is 6.72. The van der Waals surface area contributed by atoms with Crippen molar-refractivity contribution >= 4 is 32.7 Å². The van der Waals surface area contributed by atoms with Crippen LogP contribution in [0.1, 0.15) is 30.3 Å². The molecule has 1 aliphatic rings. The maximum absolute atomic E-state index is 13.4. The van der Waals surface area contributed by atoms with Crippen molar-refractivity contribution in [2.75, 3.05) is 6.54 Å². The van der Waals surface area contributed by atoms with Gasteiger partial charge in [0, 0.05) is 11.6 Å². The van der Waals surface area contributed by atoms with Crippen molar-refractivity contribution in [3.8, 4) is 0 Å². The average molecular weight is 430 g/mol. The molecule has 28 heavy (non-hydrogen) atoms. The lowest BCUT2D eigenvalue weighted by Gasteiger charge is -2.24. The van der Waals surface area contributed by atoms with Crippen LogP contribution in [0.2, 0.25) is 5.02 Å². The Morgan fingerprint density at radius 2 is 1.93 bits per heavy atom. The summed E-state index contributed by atoms with van der Waals surface area (Å²) in [6.45, 7) is 0.115. The maximum Gasteiger partial charge on any atom is 0.417 e. The minimum Gasteiger partial charge on any atom is -0.341 e. The molecule has 0 amide bonds. The van der Waals surface area contributed by atoms with Gasteiger partial charge < -0.3 is 4.98 Å². The molecule has 1 fully saturated rings. The first-order chi connectivity index (χ1) is 13.2. The van der Waals surface area contributed by atoms with E-state index in [0.717, 1.165) is 22.0 Å². The number of rotatable bonds is 3. The molecule has 5 nitrogen and oxygen atoms in total. The topological polar surface area (TPSA) is 66.1 Å². The summed E-state index contributed by atoms with van der Waals surface area (Å²) in [5.41, 5.74) is 0.142. The summed E-state index contributed by atoms with van der Waals surface area (Å²) >= 11 is 5.68. The second-order valence-corrected chi connectivity index (χ2v) is 8.85. The molecule has 1 saturated heterocycles. The highest BCUT2D eigenvalue weighted by Gasteiger charge is 2.43. The number of aromatic nitrogens is 2. The Kier molecular flexibility index (Phi) is 4.64. The van der Waals surface area contributed by atoms with Crippen molar-refractivity contribution in [3.63, 3.8) is 0 Å². The number of para-hydroxylation sites is 2. The Hall–Kier alpha value is -2.10. The lowest BCUT2D eigenvalue weighted by atomic mass is 10.2. The van der Waals surface area contributed by atoms with Gasteiger partial charge in [-0.1, -0.05) is 23.7 Å². The summed E-state index contributed by atoms with van der Waals surface area (Å²) in [6, 6.07) is 9.25. The van der Waals surface area contributed by atoms with Crippen LogP contribution >= 0.6 is 11.6 Å². The number of nitrogens with one attached hydrogen (secondary N) is 1. The number of benzene rings is 2. The molecule has 2 aromatic carbocycles. The molecule has 1 atom stereocenters. The first kappa shape index (κ1) is 19.2. The van der Waals surface area contributed by atoms with E-state index in [0.29, 0.717) is 30.2 Å². The lowest BCUT2D eigenvalue weighted by Crippen LogP contribution is -2.32. The first-order valence-corrected chi connectivity index (χ1v) is 10.3. The molecule has 0 radical (unpaired) electrons. The molecule has 0 saturated carbocycles. The van der Waals surface area contributed by atoms with E-state index in [2.05, 4.69) is 9.97 Å². The van der Waals surface area contributed by atoms with E-state index in [1.165, 1.54) is 0 Å². The van der Waals surface area contributed by atoms with Crippen LogP contribution in [0.5, 0.6) is 0 Å². The Morgan fingerprint density at radius 1 is 1.18 bits per heavy atom. The van der Waals surface area contributed by atoms with E-state index < -0.39 is 32.7 Å². The van der Waals surface area contributed by atoms with Crippen molar-refractivity contribution in [1.82, 2.24) is 14.3 Å². The van der Waals surface area contributed by atoms with Crippen LogP contribution in [0, 0.1) is 0 Å². The standard InChI is InChI=1S/C18H15ClF3N3O2S/c19-11-7-8-16(12(10-11)18(20,21)22)28(26,27)25-9-3-6-15(25)17-23-13-4-1-2-5-14(13)24-17/h1-2,4-5,7-8,10,15H,3,6,9H2,(H,23,24)/t15-/m1/s1. The smallest absolute Gasteiger partial charge is 0.341 e. The van der Waals surface area contributed by atoms with Crippen molar-refractivity contribution in [3.05, 3.63) is 58.9 Å². The van der Waals surface area contributed by atoms with Crippen molar-refractivity contribution in [1.29, 1.82) is 0 Å². The molecular formula is C18H15ClF3N3O2S. The minimum absolute atomic E-state index is 0.115. The number of imidazole rings is 1. The molecule has 4 rings (SSSR count). The molecule has 0 bridgehead atoms. The van der Waals surface area contributed by atoms with Crippen LogP contribution in [-0.4, -0.2) is 29.2 Å². The first-order valence-electron chi connectivity index (χ1n) is 8.51. The molecule has 0 aliphatic carbocycles. The number of hydrogen-bond donors (Lipinski definition) is 1. The third kappa shape index (κ3) is 3.27. The van der Waals surface area contributed by atoms with Crippen LogP contribution in [0.4, 0.5) is 13.2 Å². The van der Waals surface area contributed by atoms with Crippen LogP contribution in [0.25, 0.3) is 11.0 Å². The average Bonchev–Trinajstić information content (AvgIpc) is 3.27. The number of halogens is 4. The quantitative estimate of drug-likeness (QED) is 0.652. The van der Waals surface area contributed by atoms with Gasteiger partial charge in [-0.05, 0) is 43.2 Å².